The zero-order chi connectivity index (χ0) is 24.6. The lowest BCUT2D eigenvalue weighted by Gasteiger charge is -2.30. The van der Waals surface area contributed by atoms with Crippen LogP contribution in [0.3, 0.4) is 0 Å². The summed E-state index contributed by atoms with van der Waals surface area (Å²) in [4.78, 5) is 61.5. The molecule has 0 radical (unpaired) electrons. The molecule has 4 rings (SSSR count). The van der Waals surface area contributed by atoms with Crippen molar-refractivity contribution in [3.63, 3.8) is 0 Å². The van der Waals surface area contributed by atoms with E-state index in [0.717, 1.165) is 21.7 Å². The maximum Gasteiger partial charge on any atom is 0.274 e. The molecule has 0 unspecified atom stereocenters. The molecular weight excluding hydrogens is 444 g/mol. The Labute approximate surface area is 193 Å². The Hall–Kier alpha value is -4.41. The number of carbonyl (C=O) groups is 3. The monoisotopic (exact) mass is 464 g/mol. The van der Waals surface area contributed by atoms with Gasteiger partial charge in [0.05, 0.1) is 33.8 Å². The Morgan fingerprint density at radius 1 is 1.03 bits per heavy atom. The minimum absolute atomic E-state index is 0.107. The van der Waals surface area contributed by atoms with Crippen LogP contribution in [0.25, 0.3) is 0 Å². The molecule has 1 aliphatic heterocycles. The van der Waals surface area contributed by atoms with Crippen LogP contribution >= 0.6 is 0 Å². The smallest absolute Gasteiger partial charge is 0.272 e. The van der Waals surface area contributed by atoms with Gasteiger partial charge in [0.2, 0.25) is 0 Å². The highest BCUT2D eigenvalue weighted by Gasteiger charge is 2.51. The molecule has 0 bridgehead atoms. The van der Waals surface area contributed by atoms with Gasteiger partial charge in [0.1, 0.15) is 0 Å². The second-order valence-electron chi connectivity index (χ2n) is 8.25. The van der Waals surface area contributed by atoms with Crippen LogP contribution in [0.2, 0.25) is 0 Å². The molecule has 2 aromatic rings. The maximum atomic E-state index is 13.5. The van der Waals surface area contributed by atoms with Gasteiger partial charge in [-0.1, -0.05) is 35.9 Å². The van der Waals surface area contributed by atoms with E-state index in [-0.39, 0.29) is 22.5 Å². The number of allylic oxidation sites excluding steroid dienone is 2. The van der Waals surface area contributed by atoms with Crippen LogP contribution in [0.4, 0.5) is 11.4 Å². The summed E-state index contributed by atoms with van der Waals surface area (Å²) < 4.78 is 0. The van der Waals surface area contributed by atoms with Gasteiger partial charge in [-0.2, -0.15) is 5.01 Å². The molecule has 11 nitrogen and oxygen atoms in total. The zero-order valence-electron chi connectivity index (χ0n) is 18.1. The number of nitrogens with zero attached hydrogens (tertiary/aromatic N) is 4. The van der Waals surface area contributed by atoms with E-state index in [4.69, 9.17) is 0 Å². The highest BCUT2D eigenvalue weighted by Crippen LogP contribution is 2.39. The molecule has 2 atom stereocenters. The average Bonchev–Trinajstić information content (AvgIpc) is 3.06. The number of nitro groups is 2. The van der Waals surface area contributed by atoms with Gasteiger partial charge in [0.15, 0.2) is 0 Å². The van der Waals surface area contributed by atoms with Crippen LogP contribution in [0.5, 0.6) is 0 Å². The van der Waals surface area contributed by atoms with Gasteiger partial charge in [0, 0.05) is 23.8 Å². The van der Waals surface area contributed by atoms with Crippen LogP contribution < -0.4 is 0 Å². The lowest BCUT2D eigenvalue weighted by atomic mass is 9.82. The standard InChI is InChI=1S/C23H20N4O7/c1-14-9-10-18-19(11-14)23(30)25(22(18)29)24(13-16-5-2-3-8-20(16)27(33)34)21(28)15-6-4-7-17(12-15)26(31)32/h2-9,12,18-19H,10-11,13H2,1H3/t18-,19-/m1/s1. The Kier molecular flexibility index (Phi) is 5.93. The quantitative estimate of drug-likeness (QED) is 0.276. The third-order valence-corrected chi connectivity index (χ3v) is 6.09. The summed E-state index contributed by atoms with van der Waals surface area (Å²) >= 11 is 0. The number of fused-ring (bicyclic) bond motifs is 1. The Balaban J connectivity index is 1.78. The van der Waals surface area contributed by atoms with Crippen LogP contribution in [-0.4, -0.2) is 37.6 Å². The molecule has 2 aliphatic rings. The fourth-order valence-corrected chi connectivity index (χ4v) is 4.38. The number of carbonyl (C=O) groups excluding carboxylic acids is 3. The van der Waals surface area contributed by atoms with Crippen molar-refractivity contribution in [2.45, 2.75) is 26.3 Å². The molecule has 0 N–H and O–H groups in total. The molecule has 1 saturated heterocycles. The summed E-state index contributed by atoms with van der Waals surface area (Å²) in [5.41, 5.74) is 0.311. The normalized spacial score (nSPS) is 19.4. The van der Waals surface area contributed by atoms with E-state index in [1.54, 1.807) is 6.07 Å². The maximum absolute atomic E-state index is 13.5. The van der Waals surface area contributed by atoms with Crippen molar-refractivity contribution >= 4 is 29.1 Å². The second kappa shape index (κ2) is 8.85. The summed E-state index contributed by atoms with van der Waals surface area (Å²) in [5, 5.41) is 24.4. The average molecular weight is 464 g/mol. The van der Waals surface area contributed by atoms with Crippen molar-refractivity contribution in [1.29, 1.82) is 0 Å². The lowest BCUT2D eigenvalue weighted by Crippen LogP contribution is -2.49. The summed E-state index contributed by atoms with van der Waals surface area (Å²) in [6.07, 6.45) is 2.60. The number of benzene rings is 2. The van der Waals surface area contributed by atoms with E-state index in [0.29, 0.717) is 12.8 Å². The third kappa shape index (κ3) is 4.03. The lowest BCUT2D eigenvalue weighted by molar-refractivity contribution is -0.385. The number of amides is 3. The number of hydrazine groups is 1. The van der Waals surface area contributed by atoms with Crippen molar-refractivity contribution in [2.24, 2.45) is 11.8 Å². The Morgan fingerprint density at radius 2 is 1.74 bits per heavy atom. The van der Waals surface area contributed by atoms with E-state index < -0.39 is 45.9 Å². The van der Waals surface area contributed by atoms with Gasteiger partial charge >= 0.3 is 0 Å². The predicted molar refractivity (Wildman–Crippen MR) is 118 cm³/mol. The molecule has 1 heterocycles. The number of nitro benzene ring substituents is 2. The highest BCUT2D eigenvalue weighted by atomic mass is 16.6. The molecule has 174 valence electrons. The molecule has 2 aromatic carbocycles. The van der Waals surface area contributed by atoms with Gasteiger partial charge in [-0.05, 0) is 25.8 Å². The van der Waals surface area contributed by atoms with Crippen molar-refractivity contribution in [3.05, 3.63) is 91.5 Å². The van der Waals surface area contributed by atoms with Gasteiger partial charge in [0.25, 0.3) is 29.1 Å². The first-order chi connectivity index (χ1) is 16.2. The van der Waals surface area contributed by atoms with Crippen molar-refractivity contribution < 1.29 is 24.2 Å². The second-order valence-corrected chi connectivity index (χ2v) is 8.25. The summed E-state index contributed by atoms with van der Waals surface area (Å²) in [5.74, 6) is -3.27. The van der Waals surface area contributed by atoms with Crippen molar-refractivity contribution in [1.82, 2.24) is 10.0 Å². The van der Waals surface area contributed by atoms with E-state index >= 15 is 0 Å². The minimum atomic E-state index is -0.855. The number of imide groups is 1. The molecule has 34 heavy (non-hydrogen) atoms. The molecule has 0 aromatic heterocycles. The fourth-order valence-electron chi connectivity index (χ4n) is 4.38. The number of para-hydroxylation sites is 1. The first-order valence-corrected chi connectivity index (χ1v) is 10.5. The molecule has 11 heteroatoms. The SMILES string of the molecule is CC1=CC[C@H]2C(=O)N(N(Cc3ccccc3[N+](=O)[O-])C(=O)c3cccc([N+](=O)[O-])c3)C(=O)[C@@H]2C1. The van der Waals surface area contributed by atoms with E-state index in [2.05, 4.69) is 0 Å². The number of rotatable bonds is 6. The van der Waals surface area contributed by atoms with Gasteiger partial charge in [-0.25, -0.2) is 5.01 Å². The zero-order valence-corrected chi connectivity index (χ0v) is 18.1. The number of non-ortho nitro benzene ring substituents is 1. The summed E-state index contributed by atoms with van der Waals surface area (Å²) in [6.45, 7) is 1.41. The first-order valence-electron chi connectivity index (χ1n) is 10.5. The molecule has 3 amide bonds. The number of hydrogen-bond acceptors (Lipinski definition) is 7. The van der Waals surface area contributed by atoms with E-state index in [1.165, 1.54) is 36.4 Å². The Morgan fingerprint density at radius 3 is 2.44 bits per heavy atom. The van der Waals surface area contributed by atoms with Gasteiger partial charge in [-0.3, -0.25) is 34.6 Å². The van der Waals surface area contributed by atoms with Gasteiger partial charge < -0.3 is 0 Å². The van der Waals surface area contributed by atoms with Crippen LogP contribution in [0, 0.1) is 32.1 Å². The highest BCUT2D eigenvalue weighted by molar-refractivity contribution is 6.08. The minimum Gasteiger partial charge on any atom is -0.272 e. The summed E-state index contributed by atoms with van der Waals surface area (Å²) in [6, 6.07) is 10.6. The molecular formula is C23H20N4O7. The van der Waals surface area contributed by atoms with Crippen LogP contribution in [0.15, 0.2) is 60.2 Å². The van der Waals surface area contributed by atoms with Crippen LogP contribution in [0.1, 0.15) is 35.7 Å². The first kappa shape index (κ1) is 22.8. The van der Waals surface area contributed by atoms with Gasteiger partial charge in [-0.15, -0.1) is 0 Å². The number of hydrogen-bond donors (Lipinski definition) is 0. The molecule has 1 fully saturated rings. The molecule has 1 aliphatic carbocycles. The Bertz CT molecular complexity index is 1260. The third-order valence-electron chi connectivity index (χ3n) is 6.09. The van der Waals surface area contributed by atoms with Crippen molar-refractivity contribution in [2.75, 3.05) is 0 Å². The van der Waals surface area contributed by atoms with E-state index in [1.807, 2.05) is 13.0 Å². The topological polar surface area (TPSA) is 144 Å². The van der Waals surface area contributed by atoms with Crippen molar-refractivity contribution in [3.8, 4) is 0 Å². The fraction of sp³-hybridized carbons (Fsp3) is 0.261. The predicted octanol–water partition coefficient (Wildman–Crippen LogP) is 3.40. The summed E-state index contributed by atoms with van der Waals surface area (Å²) in [7, 11) is 0. The molecule has 0 saturated carbocycles. The van der Waals surface area contributed by atoms with Crippen LogP contribution in [-0.2, 0) is 16.1 Å². The largest absolute Gasteiger partial charge is 0.274 e. The molecule has 0 spiro atoms. The van der Waals surface area contributed by atoms with E-state index in [9.17, 15) is 34.6 Å².